The highest BCUT2D eigenvalue weighted by atomic mass is 16.6. The number of aliphatic hydroxyl groups excluding tert-OH is 1. The van der Waals surface area contributed by atoms with E-state index in [1.807, 2.05) is 20.8 Å². The van der Waals surface area contributed by atoms with Gasteiger partial charge in [0, 0.05) is 63.7 Å². The van der Waals surface area contributed by atoms with E-state index in [0.29, 0.717) is 31.6 Å². The van der Waals surface area contributed by atoms with Crippen LogP contribution in [0.2, 0.25) is 0 Å². The summed E-state index contributed by atoms with van der Waals surface area (Å²) in [6.07, 6.45) is 1.98. The maximum absolute atomic E-state index is 13.9. The van der Waals surface area contributed by atoms with Crippen molar-refractivity contribution in [1.82, 2.24) is 5.32 Å². The smallest absolute Gasteiger partial charge is 0.340 e. The number of amides is 1. The second-order valence-electron chi connectivity index (χ2n) is 12.9. The number of carbonyl (C=O) groups is 2. The zero-order valence-corrected chi connectivity index (χ0v) is 25.5. The molecular weight excluding hydrogens is 540 g/mol. The molecule has 5 N–H and O–H groups in total. The first-order valence-corrected chi connectivity index (χ1v) is 15.1. The number of esters is 1. The Balaban J connectivity index is 1.62. The van der Waals surface area contributed by atoms with Gasteiger partial charge in [-0.25, -0.2) is 4.79 Å². The number of ether oxygens (including phenoxy) is 3. The van der Waals surface area contributed by atoms with Crippen molar-refractivity contribution in [1.29, 1.82) is 0 Å². The van der Waals surface area contributed by atoms with Crippen LogP contribution in [0.25, 0.3) is 0 Å². The Morgan fingerprint density at radius 1 is 1.10 bits per heavy atom. The van der Waals surface area contributed by atoms with Crippen molar-refractivity contribution in [2.45, 2.75) is 82.4 Å². The molecule has 0 radical (unpaired) electrons. The van der Waals surface area contributed by atoms with Gasteiger partial charge in [0.25, 0.3) is 0 Å². The minimum atomic E-state index is -1.70. The maximum atomic E-state index is 13.9. The van der Waals surface area contributed by atoms with Crippen LogP contribution >= 0.6 is 0 Å². The summed E-state index contributed by atoms with van der Waals surface area (Å²) in [5.41, 5.74) is -4.72. The molecule has 2 unspecified atom stereocenters. The van der Waals surface area contributed by atoms with Gasteiger partial charge in [-0.15, -0.1) is 0 Å². The normalized spacial score (nSPS) is 42.2. The molecule has 3 fully saturated rings. The first-order valence-electron chi connectivity index (χ1n) is 15.1. The predicted molar refractivity (Wildman–Crippen MR) is 156 cm³/mol. The Kier molecular flexibility index (Phi) is 8.02. The Morgan fingerprint density at radius 3 is 2.45 bits per heavy atom. The van der Waals surface area contributed by atoms with Gasteiger partial charge in [0.15, 0.2) is 0 Å². The molecule has 1 spiro atoms. The average molecular weight is 587 g/mol. The van der Waals surface area contributed by atoms with Crippen molar-refractivity contribution < 1.29 is 39.1 Å². The van der Waals surface area contributed by atoms with Crippen molar-refractivity contribution in [3.63, 3.8) is 0 Å². The maximum Gasteiger partial charge on any atom is 0.340 e. The Hall–Kier alpha value is -2.50. The minimum absolute atomic E-state index is 0.163. The van der Waals surface area contributed by atoms with Crippen LogP contribution in [0.15, 0.2) is 36.1 Å². The van der Waals surface area contributed by atoms with Crippen molar-refractivity contribution >= 4 is 17.6 Å². The van der Waals surface area contributed by atoms with Crippen LogP contribution in [-0.2, 0) is 19.0 Å². The van der Waals surface area contributed by atoms with Gasteiger partial charge >= 0.3 is 5.97 Å². The number of carbonyl (C=O) groups excluding carboxylic acids is 2. The fourth-order valence-corrected chi connectivity index (χ4v) is 9.34. The molecule has 0 aliphatic heterocycles. The van der Waals surface area contributed by atoms with E-state index in [4.69, 9.17) is 14.2 Å². The summed E-state index contributed by atoms with van der Waals surface area (Å²) >= 11 is 0. The van der Waals surface area contributed by atoms with Crippen molar-refractivity contribution in [3.05, 3.63) is 41.7 Å². The van der Waals surface area contributed by atoms with Crippen LogP contribution in [0.4, 0.5) is 5.69 Å². The van der Waals surface area contributed by atoms with Gasteiger partial charge < -0.3 is 40.2 Å². The van der Waals surface area contributed by atoms with Gasteiger partial charge in [-0.2, -0.15) is 0 Å². The molecule has 1 aromatic rings. The number of hydrogen-bond donors (Lipinski definition) is 5. The summed E-state index contributed by atoms with van der Waals surface area (Å²) in [5, 5.41) is 43.0. The summed E-state index contributed by atoms with van der Waals surface area (Å²) in [7, 11) is 3.15. The van der Waals surface area contributed by atoms with E-state index < -0.39 is 52.0 Å². The lowest BCUT2D eigenvalue weighted by atomic mass is 9.45. The largest absolute Gasteiger partial charge is 0.512 e. The van der Waals surface area contributed by atoms with E-state index in [1.54, 1.807) is 37.5 Å². The number of aliphatic hydroxyl groups is 3. The number of methoxy groups -OCH3 is 2. The molecule has 42 heavy (non-hydrogen) atoms. The van der Waals surface area contributed by atoms with E-state index in [0.717, 1.165) is 0 Å². The molecule has 0 saturated heterocycles. The third-order valence-corrected chi connectivity index (χ3v) is 11.3. The van der Waals surface area contributed by atoms with Gasteiger partial charge in [0.05, 0.1) is 29.2 Å². The summed E-state index contributed by atoms with van der Waals surface area (Å²) in [5.74, 6) is -2.42. The monoisotopic (exact) mass is 586 g/mol. The third kappa shape index (κ3) is 4.17. The molecule has 232 valence electrons. The Morgan fingerprint density at radius 2 is 1.81 bits per heavy atom. The molecule has 4 aliphatic carbocycles. The molecule has 3 saturated carbocycles. The summed E-state index contributed by atoms with van der Waals surface area (Å²) in [4.78, 5) is 25.8. The van der Waals surface area contributed by atoms with E-state index in [-0.39, 0.29) is 42.1 Å². The van der Waals surface area contributed by atoms with Crippen molar-refractivity contribution in [2.24, 2.45) is 29.1 Å². The van der Waals surface area contributed by atoms with Gasteiger partial charge in [0.2, 0.25) is 5.91 Å². The minimum Gasteiger partial charge on any atom is -0.512 e. The Bertz CT molecular complexity index is 1250. The topological polar surface area (TPSA) is 147 Å². The van der Waals surface area contributed by atoms with E-state index >= 15 is 0 Å². The van der Waals surface area contributed by atoms with Gasteiger partial charge in [-0.3, -0.25) is 4.79 Å². The zero-order valence-electron chi connectivity index (χ0n) is 25.5. The van der Waals surface area contributed by atoms with Gasteiger partial charge in [-0.05, 0) is 43.5 Å². The predicted octanol–water partition coefficient (Wildman–Crippen LogP) is 3.19. The molecule has 0 heterocycles. The number of benzene rings is 1. The average Bonchev–Trinajstić information content (AvgIpc) is 3.37. The van der Waals surface area contributed by atoms with Crippen LogP contribution in [0.5, 0.6) is 0 Å². The number of hydrogen-bond acceptors (Lipinski definition) is 9. The number of anilines is 1. The molecule has 10 atom stereocenters. The third-order valence-electron chi connectivity index (χ3n) is 11.3. The summed E-state index contributed by atoms with van der Waals surface area (Å²) in [6, 6.07) is 6.72. The Labute approximate surface area is 247 Å². The van der Waals surface area contributed by atoms with Crippen LogP contribution < -0.4 is 10.6 Å². The second kappa shape index (κ2) is 10.9. The molecule has 0 aromatic heterocycles. The number of nitrogens with one attached hydrogen (secondary N) is 2. The zero-order chi connectivity index (χ0) is 30.7. The number of rotatable bonds is 8. The molecular formula is C32H46N2O8. The fraction of sp³-hybridized carbons (Fsp3) is 0.688. The molecule has 1 amide bonds. The standard InChI is InChI=1S/C32H46N2O8/c1-7-33-17-29(42-28(37)22-10-8-9-11-23(22)34-20(4)35)13-12-26(36)30-15-21(14-25(29)30)31(38)16-24(40-5)18(2)27(41-6)32(31,39)19(30)3/h8-12,18-19,21,24-25,27,33,36,38-39H,7,13-17H2,1-6H3,(H,34,35)/t18-,19+,21?,24+,25-,27+,29-,30?,31+,32+/m1/s1. The lowest BCUT2D eigenvalue weighted by Gasteiger charge is -2.65. The van der Waals surface area contributed by atoms with Gasteiger partial charge in [-0.1, -0.05) is 32.9 Å². The highest BCUT2D eigenvalue weighted by molar-refractivity contribution is 6.00. The van der Waals surface area contributed by atoms with Crippen LogP contribution in [0.1, 0.15) is 63.7 Å². The summed E-state index contributed by atoms with van der Waals surface area (Å²) < 4.78 is 18.2. The van der Waals surface area contributed by atoms with E-state index in [2.05, 4.69) is 10.6 Å². The summed E-state index contributed by atoms with van der Waals surface area (Å²) in [6.45, 7) is 8.13. The second-order valence-corrected chi connectivity index (χ2v) is 12.9. The fourth-order valence-electron chi connectivity index (χ4n) is 9.34. The molecule has 10 heteroatoms. The van der Waals surface area contributed by atoms with Gasteiger partial charge in [0.1, 0.15) is 16.8 Å². The number of para-hydroxylation sites is 1. The van der Waals surface area contributed by atoms with Crippen molar-refractivity contribution in [3.8, 4) is 0 Å². The lowest BCUT2D eigenvalue weighted by Crippen LogP contribution is -2.78. The highest BCUT2D eigenvalue weighted by Gasteiger charge is 2.80. The van der Waals surface area contributed by atoms with Crippen LogP contribution in [0, 0.1) is 29.1 Å². The number of likely N-dealkylation sites (N-methyl/N-ethyl adjacent to an activating group) is 1. The highest BCUT2D eigenvalue weighted by Crippen LogP contribution is 2.73. The van der Waals surface area contributed by atoms with E-state index in [9.17, 15) is 24.9 Å². The SMILES string of the molecule is CCNC[C@]1(OC(=O)c2ccccc2NC(C)=O)CC=C(O)C23CC(C[C@@H]21)[C@@]1(O)C[C@H](OC)[C@@H](C)[C@H](OC)[C@@]1(O)[C@H]3C. The first-order chi connectivity index (χ1) is 19.9. The molecule has 4 aliphatic rings. The molecule has 10 nitrogen and oxygen atoms in total. The molecule has 2 bridgehead atoms. The molecule has 1 aromatic carbocycles. The number of allylic oxidation sites excluding steroid dienone is 1. The quantitative estimate of drug-likeness (QED) is 0.290. The lowest BCUT2D eigenvalue weighted by molar-refractivity contribution is -0.326. The first kappa shape index (κ1) is 30.9. The number of fused-ring (bicyclic) bond motifs is 3. The molecule has 5 rings (SSSR count). The van der Waals surface area contributed by atoms with E-state index in [1.165, 1.54) is 14.0 Å². The van der Waals surface area contributed by atoms with Crippen molar-refractivity contribution in [2.75, 3.05) is 32.6 Å². The van der Waals surface area contributed by atoms with Crippen LogP contribution in [0.3, 0.4) is 0 Å². The van der Waals surface area contributed by atoms with Crippen LogP contribution in [-0.4, -0.2) is 83.5 Å².